The Morgan fingerprint density at radius 2 is 2.20 bits per heavy atom. The van der Waals surface area contributed by atoms with Gasteiger partial charge < -0.3 is 10.6 Å². The first-order valence-electron chi connectivity index (χ1n) is 6.31. The zero-order valence-corrected chi connectivity index (χ0v) is 13.6. The third-order valence-electron chi connectivity index (χ3n) is 3.32. The summed E-state index contributed by atoms with van der Waals surface area (Å²) in [6, 6.07) is 4.98. The lowest BCUT2D eigenvalue weighted by atomic mass is 10.1. The van der Waals surface area contributed by atoms with Crippen molar-refractivity contribution in [2.45, 2.75) is 18.9 Å². The number of benzene rings is 1. The Labute approximate surface area is 127 Å². The highest BCUT2D eigenvalue weighted by Crippen LogP contribution is 2.30. The number of amides is 1. The summed E-state index contributed by atoms with van der Waals surface area (Å²) < 4.78 is 23.2. The van der Waals surface area contributed by atoms with Crippen LogP contribution in [0.25, 0.3) is 0 Å². The fraction of sp³-hybridized carbons (Fsp3) is 0.462. The quantitative estimate of drug-likeness (QED) is 0.871. The number of nitrogens with zero attached hydrogens (tertiary/aromatic N) is 1. The van der Waals surface area contributed by atoms with Gasteiger partial charge in [0, 0.05) is 23.0 Å². The van der Waals surface area contributed by atoms with Crippen LogP contribution in [-0.2, 0) is 21.1 Å². The smallest absolute Gasteiger partial charge is 0.243 e. The van der Waals surface area contributed by atoms with Gasteiger partial charge in [-0.15, -0.1) is 0 Å². The second-order valence-corrected chi connectivity index (χ2v) is 8.21. The molecule has 20 heavy (non-hydrogen) atoms. The third-order valence-corrected chi connectivity index (χ3v) is 4.79. The Morgan fingerprint density at radius 3 is 2.85 bits per heavy atom. The molecule has 1 aliphatic heterocycles. The van der Waals surface area contributed by atoms with E-state index >= 15 is 0 Å². The van der Waals surface area contributed by atoms with Gasteiger partial charge in [-0.1, -0.05) is 15.9 Å². The average molecular weight is 361 g/mol. The molecule has 5 nitrogen and oxygen atoms in total. The molecule has 1 unspecified atom stereocenters. The minimum Gasteiger partial charge on any atom is -0.320 e. The third kappa shape index (κ3) is 3.59. The molecule has 0 saturated heterocycles. The Balaban J connectivity index is 2.08. The van der Waals surface area contributed by atoms with E-state index in [1.54, 1.807) is 4.90 Å². The first-order valence-corrected chi connectivity index (χ1v) is 9.16. The summed E-state index contributed by atoms with van der Waals surface area (Å²) >= 11 is 3.40. The molecule has 1 amide bonds. The molecule has 0 aromatic heterocycles. The SMILES string of the molecule is CS(=O)(=O)CCC(N)C(=O)N1CCc2cc(Br)ccc21. The number of carbonyl (C=O) groups is 1. The van der Waals surface area contributed by atoms with Crippen molar-refractivity contribution in [2.24, 2.45) is 5.73 Å². The van der Waals surface area contributed by atoms with Crippen LogP contribution in [0.15, 0.2) is 22.7 Å². The summed E-state index contributed by atoms with van der Waals surface area (Å²) in [6.45, 7) is 0.594. The molecule has 0 bridgehead atoms. The normalized spacial score (nSPS) is 16.1. The van der Waals surface area contributed by atoms with Crippen molar-refractivity contribution < 1.29 is 13.2 Å². The maximum Gasteiger partial charge on any atom is 0.243 e. The van der Waals surface area contributed by atoms with E-state index in [1.807, 2.05) is 18.2 Å². The van der Waals surface area contributed by atoms with Crippen LogP contribution in [0.2, 0.25) is 0 Å². The maximum atomic E-state index is 12.3. The standard InChI is InChI=1S/C13H17BrN2O3S/c1-20(18,19)7-5-11(15)13(17)16-6-4-9-8-10(14)2-3-12(9)16/h2-3,8,11H,4-7,15H2,1H3. The van der Waals surface area contributed by atoms with Crippen LogP contribution in [0.3, 0.4) is 0 Å². The van der Waals surface area contributed by atoms with Gasteiger partial charge in [-0.2, -0.15) is 0 Å². The molecular weight excluding hydrogens is 344 g/mol. The first-order chi connectivity index (χ1) is 9.28. The van der Waals surface area contributed by atoms with Gasteiger partial charge in [0.05, 0.1) is 11.8 Å². The Bertz CT molecular complexity index is 631. The van der Waals surface area contributed by atoms with E-state index in [2.05, 4.69) is 15.9 Å². The highest BCUT2D eigenvalue weighted by atomic mass is 79.9. The van der Waals surface area contributed by atoms with Crippen molar-refractivity contribution in [2.75, 3.05) is 23.5 Å². The number of fused-ring (bicyclic) bond motifs is 1. The van der Waals surface area contributed by atoms with Crippen LogP contribution >= 0.6 is 15.9 Å². The molecule has 0 aliphatic carbocycles. The number of rotatable bonds is 4. The fourth-order valence-electron chi connectivity index (χ4n) is 2.26. The van der Waals surface area contributed by atoms with Crippen molar-refractivity contribution in [1.29, 1.82) is 0 Å². The summed E-state index contributed by atoms with van der Waals surface area (Å²) in [7, 11) is -3.10. The predicted octanol–water partition coefficient (Wildman–Crippen LogP) is 1.10. The maximum absolute atomic E-state index is 12.3. The molecule has 1 aliphatic rings. The number of anilines is 1. The van der Waals surface area contributed by atoms with Crippen LogP contribution in [-0.4, -0.2) is 38.9 Å². The van der Waals surface area contributed by atoms with E-state index in [0.717, 1.165) is 28.4 Å². The predicted molar refractivity (Wildman–Crippen MR) is 82.5 cm³/mol. The number of nitrogens with two attached hydrogens (primary N) is 1. The van der Waals surface area contributed by atoms with Gasteiger partial charge in [-0.25, -0.2) is 8.42 Å². The van der Waals surface area contributed by atoms with E-state index in [-0.39, 0.29) is 18.1 Å². The van der Waals surface area contributed by atoms with Crippen molar-refractivity contribution in [3.05, 3.63) is 28.2 Å². The van der Waals surface area contributed by atoms with E-state index in [9.17, 15) is 13.2 Å². The van der Waals surface area contributed by atoms with Gasteiger partial charge in [0.15, 0.2) is 0 Å². The van der Waals surface area contributed by atoms with Crippen molar-refractivity contribution in [1.82, 2.24) is 0 Å². The molecule has 2 N–H and O–H groups in total. The van der Waals surface area contributed by atoms with E-state index in [0.29, 0.717) is 6.54 Å². The first kappa shape index (κ1) is 15.5. The molecule has 1 heterocycles. The second-order valence-electron chi connectivity index (χ2n) is 5.04. The minimum atomic E-state index is -3.10. The molecule has 2 rings (SSSR count). The Kier molecular flexibility index (Phi) is 4.51. The molecule has 0 radical (unpaired) electrons. The van der Waals surface area contributed by atoms with Crippen molar-refractivity contribution >= 4 is 37.4 Å². The highest BCUT2D eigenvalue weighted by Gasteiger charge is 2.28. The van der Waals surface area contributed by atoms with Crippen LogP contribution in [0, 0.1) is 0 Å². The van der Waals surface area contributed by atoms with Gasteiger partial charge in [0.2, 0.25) is 5.91 Å². The summed E-state index contributed by atoms with van der Waals surface area (Å²) in [5, 5.41) is 0. The molecule has 7 heteroatoms. The molecule has 1 atom stereocenters. The lowest BCUT2D eigenvalue weighted by Gasteiger charge is -2.21. The second kappa shape index (κ2) is 5.83. The molecule has 0 saturated carbocycles. The number of hydrogen-bond acceptors (Lipinski definition) is 4. The summed E-state index contributed by atoms with van der Waals surface area (Å²) in [6.07, 6.45) is 2.09. The lowest BCUT2D eigenvalue weighted by molar-refractivity contribution is -0.119. The van der Waals surface area contributed by atoms with E-state index < -0.39 is 15.9 Å². The van der Waals surface area contributed by atoms with Gasteiger partial charge in [-0.3, -0.25) is 4.79 Å². The number of sulfone groups is 1. The van der Waals surface area contributed by atoms with Crippen LogP contribution in [0.1, 0.15) is 12.0 Å². The van der Waals surface area contributed by atoms with Crippen LogP contribution < -0.4 is 10.6 Å². The molecule has 110 valence electrons. The monoisotopic (exact) mass is 360 g/mol. The molecule has 0 fully saturated rings. The fourth-order valence-corrected chi connectivity index (χ4v) is 3.35. The minimum absolute atomic E-state index is 0.0685. The van der Waals surface area contributed by atoms with Crippen molar-refractivity contribution in [3.63, 3.8) is 0 Å². The summed E-state index contributed by atoms with van der Waals surface area (Å²) in [5.41, 5.74) is 7.79. The zero-order chi connectivity index (χ0) is 14.9. The van der Waals surface area contributed by atoms with Crippen LogP contribution in [0.4, 0.5) is 5.69 Å². The molecule has 0 spiro atoms. The Hall–Kier alpha value is -0.920. The van der Waals surface area contributed by atoms with Crippen LogP contribution in [0.5, 0.6) is 0 Å². The Morgan fingerprint density at radius 1 is 1.50 bits per heavy atom. The van der Waals surface area contributed by atoms with E-state index in [4.69, 9.17) is 5.73 Å². The van der Waals surface area contributed by atoms with Crippen molar-refractivity contribution in [3.8, 4) is 0 Å². The summed E-state index contributed by atoms with van der Waals surface area (Å²) in [5.74, 6) is -0.282. The lowest BCUT2D eigenvalue weighted by Crippen LogP contribution is -2.44. The molecule has 1 aromatic carbocycles. The summed E-state index contributed by atoms with van der Waals surface area (Å²) in [4.78, 5) is 14.0. The van der Waals surface area contributed by atoms with Gasteiger partial charge in [0.25, 0.3) is 0 Å². The van der Waals surface area contributed by atoms with Gasteiger partial charge in [-0.05, 0) is 36.6 Å². The molecular formula is C13H17BrN2O3S. The highest BCUT2D eigenvalue weighted by molar-refractivity contribution is 9.10. The number of carbonyl (C=O) groups excluding carboxylic acids is 1. The van der Waals surface area contributed by atoms with Gasteiger partial charge in [0.1, 0.15) is 9.84 Å². The molecule has 1 aromatic rings. The number of halogens is 1. The number of hydrogen-bond donors (Lipinski definition) is 1. The van der Waals surface area contributed by atoms with Gasteiger partial charge >= 0.3 is 0 Å². The topological polar surface area (TPSA) is 80.5 Å². The average Bonchev–Trinajstić information content (AvgIpc) is 2.76. The largest absolute Gasteiger partial charge is 0.320 e. The zero-order valence-electron chi connectivity index (χ0n) is 11.2. The van der Waals surface area contributed by atoms with E-state index in [1.165, 1.54) is 0 Å².